The van der Waals surface area contributed by atoms with E-state index >= 15 is 4.39 Å². The number of piperazine rings is 1. The topological polar surface area (TPSA) is 126 Å². The van der Waals surface area contributed by atoms with Crippen LogP contribution >= 0.6 is 0 Å². The summed E-state index contributed by atoms with van der Waals surface area (Å²) in [7, 11) is 2.08. The molecular formula is C43H53FN10O4. The average molecular weight is 793 g/mol. The number of ether oxygens (including phenoxy) is 1. The summed E-state index contributed by atoms with van der Waals surface area (Å²) in [6, 6.07) is 17.6. The molecule has 5 heterocycles. The lowest BCUT2D eigenvalue weighted by atomic mass is 9.85. The van der Waals surface area contributed by atoms with Gasteiger partial charge in [0.2, 0.25) is 5.95 Å². The predicted octanol–water partition coefficient (Wildman–Crippen LogP) is 6.74. The molecule has 8 rings (SSSR count). The van der Waals surface area contributed by atoms with E-state index in [0.29, 0.717) is 48.1 Å². The van der Waals surface area contributed by atoms with Crippen LogP contribution in [-0.2, 0) is 21.6 Å². The number of benzene rings is 2. The molecule has 1 N–H and O–H groups in total. The second-order valence-electron chi connectivity index (χ2n) is 16.8. The van der Waals surface area contributed by atoms with Crippen molar-refractivity contribution in [3.8, 4) is 11.4 Å². The minimum Gasteiger partial charge on any atom is -0.484 e. The van der Waals surface area contributed by atoms with Gasteiger partial charge in [-0.3, -0.25) is 14.1 Å². The number of urea groups is 1. The first-order valence-electron chi connectivity index (χ1n) is 20.3. The van der Waals surface area contributed by atoms with Crippen molar-refractivity contribution in [2.45, 2.75) is 89.9 Å². The fourth-order valence-electron chi connectivity index (χ4n) is 8.30. The van der Waals surface area contributed by atoms with Crippen molar-refractivity contribution in [2.75, 3.05) is 49.7 Å². The zero-order valence-electron chi connectivity index (χ0n) is 34.0. The van der Waals surface area contributed by atoms with Gasteiger partial charge in [0.25, 0.3) is 0 Å². The number of carbonyl (C=O) groups is 2. The summed E-state index contributed by atoms with van der Waals surface area (Å²) >= 11 is 0. The van der Waals surface area contributed by atoms with E-state index in [-0.39, 0.29) is 24.2 Å². The van der Waals surface area contributed by atoms with E-state index in [2.05, 4.69) is 44.2 Å². The molecule has 3 aliphatic rings. The highest BCUT2D eigenvalue weighted by molar-refractivity contribution is 5.90. The first-order valence-corrected chi connectivity index (χ1v) is 20.3. The number of pyridine rings is 1. The Labute approximate surface area is 338 Å². The van der Waals surface area contributed by atoms with Gasteiger partial charge in [-0.25, -0.2) is 13.9 Å². The van der Waals surface area contributed by atoms with Gasteiger partial charge in [0, 0.05) is 62.4 Å². The quantitative estimate of drug-likeness (QED) is 0.120. The number of aromatic nitrogens is 5. The number of halogens is 1. The molecule has 2 aliphatic heterocycles. The van der Waals surface area contributed by atoms with Crippen LogP contribution in [-0.4, -0.2) is 92.5 Å². The highest BCUT2D eigenvalue weighted by atomic mass is 19.1. The summed E-state index contributed by atoms with van der Waals surface area (Å²) in [6.07, 6.45) is 6.33. The highest BCUT2D eigenvalue weighted by Crippen LogP contribution is 2.40. The van der Waals surface area contributed by atoms with Crippen molar-refractivity contribution >= 4 is 29.9 Å². The van der Waals surface area contributed by atoms with Gasteiger partial charge in [0.05, 0.1) is 23.6 Å². The van der Waals surface area contributed by atoms with Crippen molar-refractivity contribution in [3.63, 3.8) is 0 Å². The monoisotopic (exact) mass is 792 g/mol. The van der Waals surface area contributed by atoms with E-state index in [0.717, 1.165) is 73.4 Å². The van der Waals surface area contributed by atoms with Gasteiger partial charge in [0.15, 0.2) is 11.5 Å². The van der Waals surface area contributed by atoms with Crippen LogP contribution in [0.1, 0.15) is 94.3 Å². The fourth-order valence-corrected chi connectivity index (χ4v) is 8.30. The van der Waals surface area contributed by atoms with E-state index in [1.54, 1.807) is 22.9 Å². The summed E-state index contributed by atoms with van der Waals surface area (Å²) in [5, 5.41) is 17.9. The molecule has 3 atom stereocenters. The predicted molar refractivity (Wildman–Crippen MR) is 219 cm³/mol. The third-order valence-corrected chi connectivity index (χ3v) is 11.7. The zero-order chi connectivity index (χ0) is 40.6. The second kappa shape index (κ2) is 16.4. The summed E-state index contributed by atoms with van der Waals surface area (Å²) in [5.41, 5.74) is 3.91. The van der Waals surface area contributed by atoms with Gasteiger partial charge in [0.1, 0.15) is 17.7 Å². The van der Waals surface area contributed by atoms with Crippen molar-refractivity contribution in [1.82, 2.24) is 39.5 Å². The Balaban J connectivity index is 1.04. The van der Waals surface area contributed by atoms with E-state index in [1.165, 1.54) is 12.5 Å². The lowest BCUT2D eigenvalue weighted by Gasteiger charge is -2.34. The Morgan fingerprint density at radius 1 is 0.966 bits per heavy atom. The molecule has 5 aromatic rings. The third-order valence-electron chi connectivity index (χ3n) is 11.7. The van der Waals surface area contributed by atoms with E-state index in [4.69, 9.17) is 14.7 Å². The van der Waals surface area contributed by atoms with E-state index < -0.39 is 17.5 Å². The summed E-state index contributed by atoms with van der Waals surface area (Å²) in [5.74, 6) is 1.41. The number of nitrogens with one attached hydrogen (secondary N) is 1. The molecule has 1 aliphatic carbocycles. The molecule has 3 aromatic heterocycles. The number of piperidine rings is 1. The van der Waals surface area contributed by atoms with Crippen LogP contribution in [0.4, 0.5) is 21.0 Å². The molecule has 0 saturated carbocycles. The maximum atomic E-state index is 15.3. The number of hydrogen-bond acceptors (Lipinski definition) is 10. The number of rotatable bonds is 10. The molecule has 0 radical (unpaired) electrons. The molecule has 2 aromatic carbocycles. The van der Waals surface area contributed by atoms with Gasteiger partial charge < -0.3 is 24.7 Å². The number of hydrogen-bond donors (Lipinski definition) is 1. The fraction of sp³-hybridized carbons (Fsp3) is 0.465. The first-order chi connectivity index (χ1) is 28.0. The highest BCUT2D eigenvalue weighted by Gasteiger charge is 2.34. The van der Waals surface area contributed by atoms with Crippen molar-refractivity contribution < 1.29 is 23.6 Å². The van der Waals surface area contributed by atoms with Crippen LogP contribution in [0.25, 0.3) is 11.3 Å². The molecule has 2 amide bonds. The first kappa shape index (κ1) is 39.3. The van der Waals surface area contributed by atoms with Crippen LogP contribution in [0.3, 0.4) is 0 Å². The second-order valence-corrected chi connectivity index (χ2v) is 16.8. The van der Waals surface area contributed by atoms with Gasteiger partial charge in [-0.1, -0.05) is 45.0 Å². The molecule has 0 spiro atoms. The third kappa shape index (κ3) is 8.10. The minimum atomic E-state index is -0.648. The van der Waals surface area contributed by atoms with Gasteiger partial charge >= 0.3 is 12.5 Å². The molecule has 2 fully saturated rings. The van der Waals surface area contributed by atoms with Crippen LogP contribution < -0.4 is 20.0 Å². The Bertz CT molecular complexity index is 2260. The van der Waals surface area contributed by atoms with Crippen molar-refractivity contribution in [3.05, 3.63) is 95.1 Å². The molecule has 306 valence electrons. The number of anilines is 2. The standard InChI is InChI=1S/C43H53FN10O4/c1-29-10-8-9-19-51(29)41-47-46-39-18-14-32(27-52(39)41)58-37-17-16-36(33-11-6-7-12-34(33)37)45-42(56)54(57-28-55)40-25-38(43(2,3)4)48-53(40)31-13-15-35(44)30(24-31)26-50-22-20-49(5)21-23-50/h6-7,11-15,18,24-25,27-29,36-37H,8-10,16-17,19-23,26H2,1-5H3,(H,45,56)/t29-,36-,37+/m0/s1. The van der Waals surface area contributed by atoms with Crippen LogP contribution in [0.15, 0.2) is 66.9 Å². The molecular weight excluding hydrogens is 740 g/mol. The molecule has 2 saturated heterocycles. The lowest BCUT2D eigenvalue weighted by Crippen LogP contribution is -2.44. The summed E-state index contributed by atoms with van der Waals surface area (Å²) in [4.78, 5) is 38.5. The molecule has 58 heavy (non-hydrogen) atoms. The van der Waals surface area contributed by atoms with Crippen LogP contribution in [0.5, 0.6) is 5.75 Å². The zero-order valence-corrected chi connectivity index (χ0v) is 34.0. The molecule has 0 bridgehead atoms. The summed E-state index contributed by atoms with van der Waals surface area (Å²) in [6.45, 7) is 13.3. The number of nitrogens with zero attached hydrogens (tertiary/aromatic N) is 9. The Kier molecular flexibility index (Phi) is 11.1. The molecule has 0 unspecified atom stereocenters. The number of fused-ring (bicyclic) bond motifs is 2. The Morgan fingerprint density at radius 3 is 2.52 bits per heavy atom. The Hall–Kier alpha value is -5.54. The normalized spacial score (nSPS) is 20.4. The smallest absolute Gasteiger partial charge is 0.357 e. The number of hydroxylamine groups is 1. The van der Waals surface area contributed by atoms with E-state index in [1.807, 2.05) is 67.8 Å². The SMILES string of the molecule is C[C@H]1CCCCN1c1nnc2ccc(O[C@@H]3CC[C@H](NC(=O)N(OC=O)c4cc(C(C)(C)C)nn4-c4ccc(F)c(CN5CCN(C)CC5)c4)c4ccccc43)cn12. The van der Waals surface area contributed by atoms with Crippen molar-refractivity contribution in [1.29, 1.82) is 0 Å². The Morgan fingerprint density at radius 2 is 1.76 bits per heavy atom. The van der Waals surface area contributed by atoms with E-state index in [9.17, 15) is 9.59 Å². The van der Waals surface area contributed by atoms with Gasteiger partial charge in [-0.2, -0.15) is 5.10 Å². The maximum absolute atomic E-state index is 15.3. The maximum Gasteiger partial charge on any atom is 0.357 e. The van der Waals surface area contributed by atoms with Gasteiger partial charge in [-0.05, 0) is 87.5 Å². The van der Waals surface area contributed by atoms with Crippen LogP contribution in [0.2, 0.25) is 0 Å². The number of amides is 2. The number of likely N-dealkylation sites (N-methyl/N-ethyl adjacent to an activating group) is 1. The molecule has 15 heteroatoms. The lowest BCUT2D eigenvalue weighted by molar-refractivity contribution is -0.129. The van der Waals surface area contributed by atoms with Crippen molar-refractivity contribution in [2.24, 2.45) is 0 Å². The van der Waals surface area contributed by atoms with Gasteiger partial charge in [-0.15, -0.1) is 15.3 Å². The average Bonchev–Trinajstić information content (AvgIpc) is 3.85. The van der Waals surface area contributed by atoms with Crippen LogP contribution in [0, 0.1) is 5.82 Å². The minimum absolute atomic E-state index is 0.208. The number of carbonyl (C=O) groups excluding carboxylic acids is 2. The summed E-state index contributed by atoms with van der Waals surface area (Å²) < 4.78 is 25.5. The largest absolute Gasteiger partial charge is 0.484 e. The molecule has 14 nitrogen and oxygen atoms in total.